The van der Waals surface area contributed by atoms with Gasteiger partial charge in [-0.2, -0.15) is 0 Å². The van der Waals surface area contributed by atoms with Gasteiger partial charge < -0.3 is 15.0 Å². The molecule has 0 atom stereocenters. The number of morpholine rings is 1. The minimum atomic E-state index is -0.0963. The summed E-state index contributed by atoms with van der Waals surface area (Å²) in [5.41, 5.74) is 3.46. The average molecular weight is 412 g/mol. The van der Waals surface area contributed by atoms with Crippen molar-refractivity contribution < 1.29 is 9.53 Å². The lowest BCUT2D eigenvalue weighted by atomic mass is 10.1. The zero-order chi connectivity index (χ0) is 19.3. The van der Waals surface area contributed by atoms with Gasteiger partial charge in [-0.15, -0.1) is 23.1 Å². The number of ether oxygens (including phenoxy) is 1. The summed E-state index contributed by atoms with van der Waals surface area (Å²) >= 11 is 3.22. The number of benzene rings is 2. The van der Waals surface area contributed by atoms with Gasteiger partial charge in [-0.1, -0.05) is 24.3 Å². The van der Waals surface area contributed by atoms with Gasteiger partial charge in [-0.25, -0.2) is 4.98 Å². The molecule has 144 valence electrons. The van der Waals surface area contributed by atoms with Crippen LogP contribution in [0, 0.1) is 0 Å². The topological polar surface area (TPSA) is 54.5 Å². The number of thiazole rings is 1. The van der Waals surface area contributed by atoms with Gasteiger partial charge in [0.2, 0.25) is 0 Å². The Morgan fingerprint density at radius 2 is 1.89 bits per heavy atom. The monoisotopic (exact) mass is 411 g/mol. The third-order valence-corrected chi connectivity index (χ3v) is 6.26. The van der Waals surface area contributed by atoms with E-state index >= 15 is 0 Å². The summed E-state index contributed by atoms with van der Waals surface area (Å²) in [6, 6.07) is 15.4. The molecule has 0 aliphatic carbocycles. The number of amides is 1. The molecule has 1 fully saturated rings. The Balaban J connectivity index is 1.45. The molecule has 0 bridgehead atoms. The van der Waals surface area contributed by atoms with Crippen LogP contribution in [0.4, 0.5) is 10.8 Å². The van der Waals surface area contributed by atoms with Crippen LogP contribution in [0.25, 0.3) is 11.3 Å². The Morgan fingerprint density at radius 3 is 2.64 bits per heavy atom. The summed E-state index contributed by atoms with van der Waals surface area (Å²) in [5.74, 6) is -0.0963. The summed E-state index contributed by atoms with van der Waals surface area (Å²) in [6.07, 6.45) is 1.97. The van der Waals surface area contributed by atoms with E-state index in [4.69, 9.17) is 9.72 Å². The number of aromatic nitrogens is 1. The van der Waals surface area contributed by atoms with Crippen molar-refractivity contribution in [3.05, 3.63) is 59.5 Å². The van der Waals surface area contributed by atoms with Crippen molar-refractivity contribution >= 4 is 39.8 Å². The average Bonchev–Trinajstić information content (AvgIpc) is 3.25. The van der Waals surface area contributed by atoms with Crippen molar-refractivity contribution in [3.63, 3.8) is 0 Å². The second-order valence-electron chi connectivity index (χ2n) is 6.35. The van der Waals surface area contributed by atoms with E-state index in [1.807, 2.05) is 54.8 Å². The van der Waals surface area contributed by atoms with Crippen LogP contribution in [-0.2, 0) is 4.74 Å². The second-order valence-corrected chi connectivity index (χ2v) is 8.03. The van der Waals surface area contributed by atoms with Crippen LogP contribution in [0.3, 0.4) is 0 Å². The number of anilines is 2. The maximum absolute atomic E-state index is 12.6. The Hall–Kier alpha value is -2.35. The molecule has 4 rings (SSSR count). The highest BCUT2D eigenvalue weighted by Crippen LogP contribution is 2.29. The van der Waals surface area contributed by atoms with Gasteiger partial charge in [0, 0.05) is 34.6 Å². The van der Waals surface area contributed by atoms with Crippen molar-refractivity contribution in [1.29, 1.82) is 0 Å². The van der Waals surface area contributed by atoms with Gasteiger partial charge in [-0.05, 0) is 30.5 Å². The number of hydrogen-bond donors (Lipinski definition) is 1. The zero-order valence-electron chi connectivity index (χ0n) is 15.6. The lowest BCUT2D eigenvalue weighted by Gasteiger charge is -2.26. The predicted molar refractivity (Wildman–Crippen MR) is 117 cm³/mol. The summed E-state index contributed by atoms with van der Waals surface area (Å²) < 4.78 is 5.40. The summed E-state index contributed by atoms with van der Waals surface area (Å²) in [7, 11) is 0. The summed E-state index contributed by atoms with van der Waals surface area (Å²) in [5, 5.41) is 6.08. The van der Waals surface area contributed by atoms with Gasteiger partial charge in [0.05, 0.1) is 24.5 Å². The predicted octanol–water partition coefficient (Wildman–Crippen LogP) is 4.62. The van der Waals surface area contributed by atoms with Crippen LogP contribution in [0.5, 0.6) is 0 Å². The molecule has 0 radical (unpaired) electrons. The fourth-order valence-corrected chi connectivity index (χ4v) is 4.54. The molecule has 7 heteroatoms. The van der Waals surface area contributed by atoms with Crippen LogP contribution in [0.15, 0.2) is 58.8 Å². The number of hydrogen-bond acceptors (Lipinski definition) is 6. The van der Waals surface area contributed by atoms with Gasteiger partial charge in [0.25, 0.3) is 5.91 Å². The molecular weight excluding hydrogens is 390 g/mol. The normalized spacial score (nSPS) is 14.1. The molecule has 1 aliphatic heterocycles. The molecular formula is C21H21N3O2S2. The summed E-state index contributed by atoms with van der Waals surface area (Å²) in [4.78, 5) is 20.6. The largest absolute Gasteiger partial charge is 0.378 e. The van der Waals surface area contributed by atoms with E-state index in [-0.39, 0.29) is 5.91 Å². The maximum atomic E-state index is 12.6. The highest BCUT2D eigenvalue weighted by molar-refractivity contribution is 7.98. The minimum Gasteiger partial charge on any atom is -0.378 e. The number of rotatable bonds is 5. The fraction of sp³-hybridized carbons (Fsp3) is 0.238. The Morgan fingerprint density at radius 1 is 1.14 bits per heavy atom. The fourth-order valence-electron chi connectivity index (χ4n) is 3.05. The molecule has 28 heavy (non-hydrogen) atoms. The van der Waals surface area contributed by atoms with E-state index < -0.39 is 0 Å². The van der Waals surface area contributed by atoms with Gasteiger partial charge in [0.1, 0.15) is 0 Å². The van der Waals surface area contributed by atoms with Crippen LogP contribution >= 0.6 is 23.1 Å². The van der Waals surface area contributed by atoms with Crippen molar-refractivity contribution in [3.8, 4) is 11.3 Å². The number of carbonyl (C=O) groups is 1. The SMILES string of the molecule is CSc1ccccc1C(=O)Nc1ccc(-c2csc(N3CCOCC3)n2)cc1. The lowest BCUT2D eigenvalue weighted by molar-refractivity contribution is 0.102. The maximum Gasteiger partial charge on any atom is 0.256 e. The second kappa shape index (κ2) is 8.77. The third kappa shape index (κ3) is 4.22. The third-order valence-electron chi connectivity index (χ3n) is 4.56. The molecule has 1 aromatic heterocycles. The van der Waals surface area contributed by atoms with Crippen molar-refractivity contribution in [2.45, 2.75) is 4.90 Å². The molecule has 0 unspecified atom stereocenters. The molecule has 2 heterocycles. The van der Waals surface area contributed by atoms with E-state index in [0.717, 1.165) is 53.3 Å². The summed E-state index contributed by atoms with van der Waals surface area (Å²) in [6.45, 7) is 3.27. The highest BCUT2D eigenvalue weighted by atomic mass is 32.2. The molecule has 5 nitrogen and oxygen atoms in total. The van der Waals surface area contributed by atoms with Crippen molar-refractivity contribution in [1.82, 2.24) is 4.98 Å². The van der Waals surface area contributed by atoms with Crippen LogP contribution in [0.2, 0.25) is 0 Å². The number of carbonyl (C=O) groups excluding carboxylic acids is 1. The first kappa shape index (κ1) is 19.0. The minimum absolute atomic E-state index is 0.0963. The Labute approximate surface area is 172 Å². The highest BCUT2D eigenvalue weighted by Gasteiger charge is 2.15. The lowest BCUT2D eigenvalue weighted by Crippen LogP contribution is -2.36. The molecule has 0 saturated carbocycles. The van der Waals surface area contributed by atoms with Crippen molar-refractivity contribution in [2.24, 2.45) is 0 Å². The molecule has 3 aromatic rings. The molecule has 1 saturated heterocycles. The van der Waals surface area contributed by atoms with E-state index in [9.17, 15) is 4.79 Å². The standard InChI is InChI=1S/C21H21N3O2S2/c1-27-19-5-3-2-4-17(19)20(25)22-16-8-6-15(7-9-16)18-14-28-21(23-18)24-10-12-26-13-11-24/h2-9,14H,10-13H2,1H3,(H,22,25). The Bertz CT molecular complexity index is 950. The van der Waals surface area contributed by atoms with Crippen LogP contribution in [0.1, 0.15) is 10.4 Å². The first-order valence-electron chi connectivity index (χ1n) is 9.07. The Kier molecular flexibility index (Phi) is 5.95. The number of nitrogens with zero attached hydrogens (tertiary/aromatic N) is 2. The molecule has 1 amide bonds. The van der Waals surface area contributed by atoms with E-state index in [1.54, 1.807) is 23.1 Å². The quantitative estimate of drug-likeness (QED) is 0.621. The molecule has 2 aromatic carbocycles. The smallest absolute Gasteiger partial charge is 0.256 e. The first-order chi connectivity index (χ1) is 13.7. The zero-order valence-corrected chi connectivity index (χ0v) is 17.2. The molecule has 1 N–H and O–H groups in total. The van der Waals surface area contributed by atoms with Gasteiger partial charge in [-0.3, -0.25) is 4.79 Å². The number of nitrogens with one attached hydrogen (secondary N) is 1. The van der Waals surface area contributed by atoms with Crippen LogP contribution < -0.4 is 10.2 Å². The van der Waals surface area contributed by atoms with Gasteiger partial charge in [0.15, 0.2) is 5.13 Å². The number of thioether (sulfide) groups is 1. The molecule has 1 aliphatic rings. The van der Waals surface area contributed by atoms with Crippen LogP contribution in [-0.4, -0.2) is 43.5 Å². The van der Waals surface area contributed by atoms with E-state index in [2.05, 4.69) is 15.6 Å². The van der Waals surface area contributed by atoms with E-state index in [1.165, 1.54) is 0 Å². The molecule has 0 spiro atoms. The van der Waals surface area contributed by atoms with E-state index in [0.29, 0.717) is 5.56 Å². The van der Waals surface area contributed by atoms with Gasteiger partial charge >= 0.3 is 0 Å². The van der Waals surface area contributed by atoms with Crippen molar-refractivity contribution in [2.75, 3.05) is 42.8 Å². The first-order valence-corrected chi connectivity index (χ1v) is 11.2.